The number of pyridine rings is 1. The molecule has 1 aromatic rings. The van der Waals surface area contributed by atoms with Crippen molar-refractivity contribution < 1.29 is 9.90 Å². The Morgan fingerprint density at radius 2 is 2.29 bits per heavy atom. The first-order valence-corrected chi connectivity index (χ1v) is 5.84. The van der Waals surface area contributed by atoms with Crippen LogP contribution in [-0.2, 0) is 0 Å². The Balaban J connectivity index is 1.83. The van der Waals surface area contributed by atoms with Gasteiger partial charge in [-0.1, -0.05) is 0 Å². The van der Waals surface area contributed by atoms with Gasteiger partial charge in [0.15, 0.2) is 0 Å². The summed E-state index contributed by atoms with van der Waals surface area (Å²) in [7, 11) is 0. The van der Waals surface area contributed by atoms with Gasteiger partial charge in [-0.3, -0.25) is 4.98 Å². The molecule has 0 aliphatic carbocycles. The van der Waals surface area contributed by atoms with Crippen molar-refractivity contribution in [3.63, 3.8) is 0 Å². The highest BCUT2D eigenvalue weighted by Gasteiger charge is 2.45. The summed E-state index contributed by atoms with van der Waals surface area (Å²) in [6.45, 7) is 3.41. The highest BCUT2D eigenvalue weighted by molar-refractivity contribution is 5.67. The second kappa shape index (κ2) is 3.61. The minimum absolute atomic E-state index is 0.150. The zero-order valence-electron chi connectivity index (χ0n) is 9.71. The van der Waals surface area contributed by atoms with Crippen molar-refractivity contribution in [2.45, 2.75) is 25.4 Å². The molecule has 1 amide bonds. The molecule has 0 radical (unpaired) electrons. The molecule has 2 aliphatic heterocycles. The number of hydrogen-bond acceptors (Lipinski definition) is 3. The van der Waals surface area contributed by atoms with Crippen LogP contribution in [0.2, 0.25) is 0 Å². The average Bonchev–Trinajstić information content (AvgIpc) is 2.88. The van der Waals surface area contributed by atoms with Crippen molar-refractivity contribution in [3.05, 3.63) is 24.0 Å². The number of carboxylic acid groups (broad SMARTS) is 1. The molecule has 2 saturated heterocycles. The Labute approximate surface area is 99.7 Å². The summed E-state index contributed by atoms with van der Waals surface area (Å²) in [5, 5.41) is 9.04. The van der Waals surface area contributed by atoms with Gasteiger partial charge in [0.05, 0.1) is 17.4 Å². The molecule has 2 aliphatic rings. The van der Waals surface area contributed by atoms with Crippen LogP contribution in [0, 0.1) is 6.92 Å². The van der Waals surface area contributed by atoms with Gasteiger partial charge in [-0.25, -0.2) is 4.79 Å². The van der Waals surface area contributed by atoms with Gasteiger partial charge in [-0.05, 0) is 25.5 Å². The molecule has 5 heteroatoms. The lowest BCUT2D eigenvalue weighted by molar-refractivity contribution is 0.137. The van der Waals surface area contributed by atoms with E-state index in [1.54, 1.807) is 11.1 Å². The number of rotatable bonds is 1. The lowest BCUT2D eigenvalue weighted by Gasteiger charge is -2.34. The van der Waals surface area contributed by atoms with E-state index in [2.05, 4.69) is 16.0 Å². The fourth-order valence-corrected chi connectivity index (χ4v) is 2.98. The average molecular weight is 233 g/mol. The second-order valence-electron chi connectivity index (χ2n) is 4.74. The Morgan fingerprint density at radius 1 is 1.47 bits per heavy atom. The number of nitrogens with zero attached hydrogens (tertiary/aromatic N) is 3. The van der Waals surface area contributed by atoms with E-state index in [1.165, 1.54) is 0 Å². The predicted octanol–water partition coefficient (Wildman–Crippen LogP) is 1.33. The van der Waals surface area contributed by atoms with Crippen LogP contribution in [0.4, 0.5) is 10.5 Å². The molecule has 2 atom stereocenters. The lowest BCUT2D eigenvalue weighted by atomic mass is 10.2. The number of piperazine rings is 1. The van der Waals surface area contributed by atoms with Crippen molar-refractivity contribution in [1.82, 2.24) is 9.88 Å². The van der Waals surface area contributed by atoms with E-state index in [0.717, 1.165) is 24.3 Å². The zero-order valence-corrected chi connectivity index (χ0v) is 9.71. The largest absolute Gasteiger partial charge is 0.465 e. The molecule has 2 fully saturated rings. The van der Waals surface area contributed by atoms with Crippen LogP contribution in [0.15, 0.2) is 18.3 Å². The minimum Gasteiger partial charge on any atom is -0.465 e. The lowest BCUT2D eigenvalue weighted by Crippen LogP contribution is -2.48. The van der Waals surface area contributed by atoms with Crippen molar-refractivity contribution in [1.29, 1.82) is 0 Å². The van der Waals surface area contributed by atoms with Crippen molar-refractivity contribution >= 4 is 11.8 Å². The summed E-state index contributed by atoms with van der Waals surface area (Å²) in [6, 6.07) is 4.47. The standard InChI is InChI=1S/C12H15N3O2/c1-8-11(3-2-4-13-8)14-6-10-5-9(14)7-15(10)12(16)17/h2-4,9-10H,5-7H2,1H3,(H,16,17)/t9-,10-/m0/s1. The number of aromatic nitrogens is 1. The number of amides is 1. The summed E-state index contributed by atoms with van der Waals surface area (Å²) in [5.41, 5.74) is 2.16. The van der Waals surface area contributed by atoms with E-state index < -0.39 is 6.09 Å². The first-order valence-electron chi connectivity index (χ1n) is 5.84. The van der Waals surface area contributed by atoms with Gasteiger partial charge in [0.25, 0.3) is 0 Å². The molecule has 3 rings (SSSR count). The van der Waals surface area contributed by atoms with E-state index in [0.29, 0.717) is 12.6 Å². The number of anilines is 1. The van der Waals surface area contributed by atoms with E-state index in [9.17, 15) is 4.79 Å². The fourth-order valence-electron chi connectivity index (χ4n) is 2.98. The second-order valence-corrected chi connectivity index (χ2v) is 4.74. The van der Waals surface area contributed by atoms with Gasteiger partial charge in [-0.15, -0.1) is 0 Å². The highest BCUT2D eigenvalue weighted by Crippen LogP contribution is 2.35. The molecule has 2 bridgehead atoms. The molecule has 0 spiro atoms. The summed E-state index contributed by atoms with van der Waals surface area (Å²) >= 11 is 0. The van der Waals surface area contributed by atoms with Gasteiger partial charge in [0, 0.05) is 25.3 Å². The monoisotopic (exact) mass is 233 g/mol. The van der Waals surface area contributed by atoms with Gasteiger partial charge in [-0.2, -0.15) is 0 Å². The molecule has 0 saturated carbocycles. The van der Waals surface area contributed by atoms with Crippen LogP contribution in [-0.4, -0.2) is 46.3 Å². The van der Waals surface area contributed by atoms with E-state index in [4.69, 9.17) is 5.11 Å². The fraction of sp³-hybridized carbons (Fsp3) is 0.500. The third-order valence-electron chi connectivity index (χ3n) is 3.77. The number of aryl methyl sites for hydroxylation is 1. The molecule has 0 unspecified atom stereocenters. The molecular formula is C12H15N3O2. The van der Waals surface area contributed by atoms with Crippen LogP contribution in [0.5, 0.6) is 0 Å². The highest BCUT2D eigenvalue weighted by atomic mass is 16.4. The van der Waals surface area contributed by atoms with Crippen molar-refractivity contribution in [2.24, 2.45) is 0 Å². The molecule has 1 N–H and O–H groups in total. The van der Waals surface area contributed by atoms with E-state index >= 15 is 0 Å². The first-order chi connectivity index (χ1) is 8.16. The maximum absolute atomic E-state index is 11.0. The Bertz CT molecular complexity index is 463. The quantitative estimate of drug-likeness (QED) is 0.795. The third kappa shape index (κ3) is 1.53. The van der Waals surface area contributed by atoms with Crippen molar-refractivity contribution in [2.75, 3.05) is 18.0 Å². The number of likely N-dealkylation sites (tertiary alicyclic amines) is 1. The minimum atomic E-state index is -0.792. The van der Waals surface area contributed by atoms with Gasteiger partial charge < -0.3 is 14.9 Å². The topological polar surface area (TPSA) is 56.7 Å². The number of fused-ring (bicyclic) bond motifs is 2. The normalized spacial score (nSPS) is 26.6. The Hall–Kier alpha value is -1.78. The molecule has 3 heterocycles. The van der Waals surface area contributed by atoms with Crippen LogP contribution in [0.25, 0.3) is 0 Å². The summed E-state index contributed by atoms with van der Waals surface area (Å²) in [5.74, 6) is 0. The van der Waals surface area contributed by atoms with Crippen molar-refractivity contribution in [3.8, 4) is 0 Å². The Morgan fingerprint density at radius 3 is 2.88 bits per heavy atom. The summed E-state index contributed by atoms with van der Waals surface area (Å²) in [6.07, 6.45) is 1.94. The first kappa shape index (κ1) is 10.4. The predicted molar refractivity (Wildman–Crippen MR) is 63.2 cm³/mol. The number of carbonyl (C=O) groups is 1. The van der Waals surface area contributed by atoms with Gasteiger partial charge >= 0.3 is 6.09 Å². The van der Waals surface area contributed by atoms with Crippen LogP contribution >= 0.6 is 0 Å². The zero-order chi connectivity index (χ0) is 12.0. The van der Waals surface area contributed by atoms with E-state index in [1.807, 2.05) is 13.0 Å². The van der Waals surface area contributed by atoms with Crippen LogP contribution in [0.1, 0.15) is 12.1 Å². The van der Waals surface area contributed by atoms with E-state index in [-0.39, 0.29) is 6.04 Å². The van der Waals surface area contributed by atoms with Gasteiger partial charge in [0.2, 0.25) is 0 Å². The maximum Gasteiger partial charge on any atom is 0.407 e. The maximum atomic E-state index is 11.0. The van der Waals surface area contributed by atoms with Crippen LogP contribution < -0.4 is 4.90 Å². The van der Waals surface area contributed by atoms with Crippen LogP contribution in [0.3, 0.4) is 0 Å². The molecule has 90 valence electrons. The molecule has 1 aromatic heterocycles. The smallest absolute Gasteiger partial charge is 0.407 e. The summed E-state index contributed by atoms with van der Waals surface area (Å²) in [4.78, 5) is 19.1. The SMILES string of the molecule is Cc1ncccc1N1C[C@@H]2C[C@H]1CN2C(=O)O. The molecular weight excluding hydrogens is 218 g/mol. The molecule has 17 heavy (non-hydrogen) atoms. The summed E-state index contributed by atoms with van der Waals surface area (Å²) < 4.78 is 0. The third-order valence-corrected chi connectivity index (χ3v) is 3.77. The molecule has 5 nitrogen and oxygen atoms in total. The number of hydrogen-bond donors (Lipinski definition) is 1. The molecule has 0 aromatic carbocycles. The van der Waals surface area contributed by atoms with Gasteiger partial charge in [0.1, 0.15) is 0 Å². The Kier molecular flexibility index (Phi) is 2.21.